The minimum Gasteiger partial charge on any atom is -0.393 e. The van der Waals surface area contributed by atoms with E-state index in [2.05, 4.69) is 29.1 Å². The van der Waals surface area contributed by atoms with Gasteiger partial charge in [0.15, 0.2) is 5.67 Å². The molecule has 1 unspecified atom stereocenters. The highest BCUT2D eigenvalue weighted by atomic mass is 79.9. The van der Waals surface area contributed by atoms with Crippen LogP contribution in [0.25, 0.3) is 0 Å². The highest BCUT2D eigenvalue weighted by Crippen LogP contribution is 2.14. The molecule has 1 atom stereocenters. The highest BCUT2D eigenvalue weighted by Gasteiger charge is 2.27. The van der Waals surface area contributed by atoms with Gasteiger partial charge in [-0.1, -0.05) is 47.3 Å². The summed E-state index contributed by atoms with van der Waals surface area (Å²) in [7, 11) is 0. The first-order chi connectivity index (χ1) is 7.11. The largest absolute Gasteiger partial charge is 0.393 e. The molecule has 86 valence electrons. The lowest BCUT2D eigenvalue weighted by Crippen LogP contribution is -2.35. The molecule has 0 fully saturated rings. The Balaban J connectivity index is 4.01. The normalized spacial score (nSPS) is 15.8. The molecule has 0 bridgehead atoms. The molecule has 0 radical (unpaired) electrons. The van der Waals surface area contributed by atoms with Gasteiger partial charge in [-0.3, -0.25) is 0 Å². The van der Waals surface area contributed by atoms with Crippen LogP contribution in [0, 0.1) is 0 Å². The van der Waals surface area contributed by atoms with Crippen molar-refractivity contribution in [2.24, 2.45) is 0 Å². The van der Waals surface area contributed by atoms with Crippen LogP contribution in [0.3, 0.4) is 0 Å². The first-order valence-electron chi connectivity index (χ1n) is 4.49. The van der Waals surface area contributed by atoms with E-state index in [1.165, 1.54) is 0 Å². The molecule has 0 aliphatic rings. The Hall–Kier alpha value is -0.450. The van der Waals surface area contributed by atoms with Crippen molar-refractivity contribution in [2.75, 3.05) is 25.2 Å². The number of alkyl halides is 2. The summed E-state index contributed by atoms with van der Waals surface area (Å²) in [6, 6.07) is 0. The maximum Gasteiger partial charge on any atom is 0.166 e. The van der Waals surface area contributed by atoms with Gasteiger partial charge in [-0.15, -0.1) is 0 Å². The van der Waals surface area contributed by atoms with Crippen molar-refractivity contribution in [1.29, 1.82) is 0 Å². The Morgan fingerprint density at radius 3 is 2.60 bits per heavy atom. The zero-order valence-electron chi connectivity index (χ0n) is 8.59. The summed E-state index contributed by atoms with van der Waals surface area (Å²) in [5.41, 5.74) is -0.902. The van der Waals surface area contributed by atoms with Gasteiger partial charge in [-0.05, 0) is 5.57 Å². The van der Waals surface area contributed by atoms with Crippen molar-refractivity contribution in [3.05, 3.63) is 37.0 Å². The zero-order valence-corrected chi connectivity index (χ0v) is 10.2. The summed E-state index contributed by atoms with van der Waals surface area (Å²) in [5.74, 6) is 0. The molecule has 0 amide bonds. The van der Waals surface area contributed by atoms with Crippen molar-refractivity contribution in [2.45, 2.75) is 5.67 Å². The fraction of sp³-hybridized carbons (Fsp3) is 0.455. The van der Waals surface area contributed by atoms with Crippen molar-refractivity contribution in [3.8, 4) is 0 Å². The maximum atomic E-state index is 13.5. The van der Waals surface area contributed by atoms with Gasteiger partial charge in [-0.2, -0.15) is 0 Å². The van der Waals surface area contributed by atoms with E-state index < -0.39 is 12.3 Å². The van der Waals surface area contributed by atoms with Gasteiger partial charge >= 0.3 is 0 Å². The van der Waals surface area contributed by atoms with Crippen LogP contribution < -0.4 is 0 Å². The highest BCUT2D eigenvalue weighted by molar-refractivity contribution is 9.09. The lowest BCUT2D eigenvalue weighted by atomic mass is 10.2. The zero-order chi connectivity index (χ0) is 11.7. The lowest BCUT2D eigenvalue weighted by molar-refractivity contribution is 0.00286. The lowest BCUT2D eigenvalue weighted by Gasteiger charge is -2.19. The van der Waals surface area contributed by atoms with E-state index in [1.54, 1.807) is 18.2 Å². The third-order valence-corrected chi connectivity index (χ3v) is 2.75. The second-order valence-corrected chi connectivity index (χ2v) is 3.68. The van der Waals surface area contributed by atoms with Gasteiger partial charge in [0.1, 0.15) is 0 Å². The predicted molar refractivity (Wildman–Crippen MR) is 64.0 cm³/mol. The molecule has 0 aromatic rings. The molecule has 15 heavy (non-hydrogen) atoms. The van der Waals surface area contributed by atoms with E-state index in [4.69, 9.17) is 9.84 Å². The van der Waals surface area contributed by atoms with E-state index >= 15 is 0 Å². The maximum absolute atomic E-state index is 13.5. The van der Waals surface area contributed by atoms with Crippen LogP contribution in [0.2, 0.25) is 0 Å². The summed E-state index contributed by atoms with van der Waals surface area (Å²) in [6.45, 7) is 6.66. The number of rotatable bonds is 8. The standard InChI is InChI=1S/C11H16BrFO2/c1-3-5-10(4-2)6-15-9-11(13,7-12)8-14/h3-5,14H,1-2,6-9H2/b10-5+. The second-order valence-electron chi connectivity index (χ2n) is 3.12. The summed E-state index contributed by atoms with van der Waals surface area (Å²) in [6.07, 6.45) is 4.97. The van der Waals surface area contributed by atoms with Gasteiger partial charge in [0.05, 0.1) is 19.8 Å². The molecule has 4 heteroatoms. The van der Waals surface area contributed by atoms with Gasteiger partial charge in [0.25, 0.3) is 0 Å². The third kappa shape index (κ3) is 5.87. The number of ether oxygens (including phenoxy) is 1. The third-order valence-electron chi connectivity index (χ3n) is 1.75. The van der Waals surface area contributed by atoms with Crippen LogP contribution in [-0.4, -0.2) is 35.9 Å². The number of aliphatic hydroxyl groups is 1. The molecule has 0 saturated carbocycles. The molecule has 0 aromatic heterocycles. The van der Waals surface area contributed by atoms with E-state index in [9.17, 15) is 4.39 Å². The van der Waals surface area contributed by atoms with Gasteiger partial charge in [0.2, 0.25) is 0 Å². The molecule has 0 spiro atoms. The fourth-order valence-corrected chi connectivity index (χ4v) is 1.14. The van der Waals surface area contributed by atoms with Gasteiger partial charge in [0, 0.05) is 5.33 Å². The summed E-state index contributed by atoms with van der Waals surface area (Å²) < 4.78 is 18.6. The first-order valence-corrected chi connectivity index (χ1v) is 5.61. The molecule has 1 N–H and O–H groups in total. The number of aliphatic hydroxyl groups excluding tert-OH is 1. The molecular formula is C11H16BrFO2. The van der Waals surface area contributed by atoms with Gasteiger partial charge in [-0.25, -0.2) is 4.39 Å². The van der Waals surface area contributed by atoms with Crippen molar-refractivity contribution in [1.82, 2.24) is 0 Å². The first kappa shape index (κ1) is 14.6. The van der Waals surface area contributed by atoms with Crippen molar-refractivity contribution < 1.29 is 14.2 Å². The Labute approximate surface area is 98.3 Å². The SMILES string of the molecule is C=C/C=C(\C=C)COCC(F)(CO)CBr. The fourth-order valence-electron chi connectivity index (χ4n) is 0.805. The van der Waals surface area contributed by atoms with E-state index in [0.29, 0.717) is 0 Å². The van der Waals surface area contributed by atoms with E-state index in [-0.39, 0.29) is 18.5 Å². The molecule has 0 aliphatic heterocycles. The van der Waals surface area contributed by atoms with Crippen molar-refractivity contribution in [3.63, 3.8) is 0 Å². The summed E-state index contributed by atoms with van der Waals surface area (Å²) in [4.78, 5) is 0. The average Bonchev–Trinajstić information content (AvgIpc) is 2.27. The van der Waals surface area contributed by atoms with Crippen LogP contribution >= 0.6 is 15.9 Å². The Morgan fingerprint density at radius 1 is 1.53 bits per heavy atom. The average molecular weight is 279 g/mol. The van der Waals surface area contributed by atoms with Crippen molar-refractivity contribution >= 4 is 15.9 Å². The van der Waals surface area contributed by atoms with Crippen LogP contribution in [0.5, 0.6) is 0 Å². The molecule has 0 rings (SSSR count). The Bertz CT molecular complexity index is 235. The number of allylic oxidation sites excluding steroid dienone is 2. The second kappa shape index (κ2) is 7.79. The van der Waals surface area contributed by atoms with Crippen LogP contribution in [0.4, 0.5) is 4.39 Å². The minimum absolute atomic E-state index is 0.0467. The van der Waals surface area contributed by atoms with Crippen LogP contribution in [-0.2, 0) is 4.74 Å². The van der Waals surface area contributed by atoms with Crippen LogP contribution in [0.15, 0.2) is 37.0 Å². The number of hydrogen-bond acceptors (Lipinski definition) is 2. The van der Waals surface area contributed by atoms with E-state index in [1.807, 2.05) is 0 Å². The molecular weight excluding hydrogens is 263 g/mol. The smallest absolute Gasteiger partial charge is 0.166 e. The number of hydrogen-bond donors (Lipinski definition) is 1. The Kier molecular flexibility index (Phi) is 7.56. The van der Waals surface area contributed by atoms with Crippen LogP contribution in [0.1, 0.15) is 0 Å². The Morgan fingerprint density at radius 2 is 2.20 bits per heavy atom. The quantitative estimate of drug-likeness (QED) is 0.546. The molecule has 0 aromatic carbocycles. The monoisotopic (exact) mass is 278 g/mol. The molecule has 0 heterocycles. The molecule has 0 saturated heterocycles. The summed E-state index contributed by atoms with van der Waals surface area (Å²) in [5, 5.41) is 8.82. The topological polar surface area (TPSA) is 29.5 Å². The minimum atomic E-state index is -1.72. The van der Waals surface area contributed by atoms with E-state index in [0.717, 1.165) is 5.57 Å². The summed E-state index contributed by atoms with van der Waals surface area (Å²) >= 11 is 2.98. The number of halogens is 2. The molecule has 0 aliphatic carbocycles. The predicted octanol–water partition coefficient (Wildman–Crippen LogP) is 2.40. The molecule has 2 nitrogen and oxygen atoms in total. The van der Waals surface area contributed by atoms with Gasteiger partial charge < -0.3 is 9.84 Å².